The van der Waals surface area contributed by atoms with Gasteiger partial charge in [-0.15, -0.1) is 0 Å². The molecule has 0 atom stereocenters. The fourth-order valence-corrected chi connectivity index (χ4v) is 2.27. The average molecular weight is 338 g/mol. The number of para-hydroxylation sites is 1. The molecule has 0 aliphatic heterocycles. The predicted octanol–water partition coefficient (Wildman–Crippen LogP) is 3.14. The smallest absolute Gasteiger partial charge is 0.250 e. The van der Waals surface area contributed by atoms with Crippen molar-refractivity contribution in [1.82, 2.24) is 0 Å². The van der Waals surface area contributed by atoms with Crippen molar-refractivity contribution in [3.63, 3.8) is 0 Å². The third-order valence-corrected chi connectivity index (χ3v) is 3.38. The van der Waals surface area contributed by atoms with Crippen LogP contribution in [0, 0.1) is 0 Å². The van der Waals surface area contributed by atoms with E-state index in [-0.39, 0.29) is 12.5 Å². The lowest BCUT2D eigenvalue weighted by Gasteiger charge is -2.11. The number of nitrogens with two attached hydrogens (primary N) is 1. The summed E-state index contributed by atoms with van der Waals surface area (Å²) in [7, 11) is 0. The van der Waals surface area contributed by atoms with Gasteiger partial charge in [0, 0.05) is 10.7 Å². The molecule has 114 valence electrons. The first-order valence-electron chi connectivity index (χ1n) is 6.35. The molecule has 0 bridgehead atoms. The molecule has 0 aromatic heterocycles. The summed E-state index contributed by atoms with van der Waals surface area (Å²) < 4.78 is 0. The second kappa shape index (κ2) is 7.15. The maximum atomic E-state index is 11.9. The van der Waals surface area contributed by atoms with Crippen LogP contribution in [0.1, 0.15) is 10.4 Å². The van der Waals surface area contributed by atoms with Gasteiger partial charge in [-0.25, -0.2) is 0 Å². The number of primary amides is 1. The fraction of sp³-hybridized carbons (Fsp3) is 0.0667. The van der Waals surface area contributed by atoms with Crippen molar-refractivity contribution in [2.75, 3.05) is 17.2 Å². The third-order valence-electron chi connectivity index (χ3n) is 2.84. The molecular weight excluding hydrogens is 325 g/mol. The average Bonchev–Trinajstić information content (AvgIpc) is 2.48. The molecule has 0 radical (unpaired) electrons. The zero-order valence-electron chi connectivity index (χ0n) is 11.4. The Kier molecular flexibility index (Phi) is 5.25. The minimum atomic E-state index is -0.566. The molecule has 22 heavy (non-hydrogen) atoms. The number of amides is 2. The molecule has 2 rings (SSSR count). The van der Waals surface area contributed by atoms with E-state index in [1.807, 2.05) is 0 Å². The van der Waals surface area contributed by atoms with E-state index in [0.717, 1.165) is 0 Å². The Labute approximate surface area is 137 Å². The first-order chi connectivity index (χ1) is 10.5. The second-order valence-corrected chi connectivity index (χ2v) is 5.28. The van der Waals surface area contributed by atoms with Gasteiger partial charge in [0.15, 0.2) is 0 Å². The molecule has 4 N–H and O–H groups in total. The second-order valence-electron chi connectivity index (χ2n) is 4.44. The first-order valence-corrected chi connectivity index (χ1v) is 7.10. The molecule has 2 aromatic rings. The Hall–Kier alpha value is -2.24. The van der Waals surface area contributed by atoms with Gasteiger partial charge < -0.3 is 16.4 Å². The lowest BCUT2D eigenvalue weighted by Crippen LogP contribution is -2.23. The third kappa shape index (κ3) is 4.13. The minimum Gasteiger partial charge on any atom is -0.376 e. The molecule has 0 heterocycles. The summed E-state index contributed by atoms with van der Waals surface area (Å²) in [6, 6.07) is 11.5. The van der Waals surface area contributed by atoms with Gasteiger partial charge in [0.05, 0.1) is 22.8 Å². The van der Waals surface area contributed by atoms with E-state index in [1.54, 1.807) is 36.4 Å². The lowest BCUT2D eigenvalue weighted by molar-refractivity contribution is -0.114. The Morgan fingerprint density at radius 1 is 1.05 bits per heavy atom. The van der Waals surface area contributed by atoms with Crippen LogP contribution in [0.2, 0.25) is 10.0 Å². The Bertz CT molecular complexity index is 720. The SMILES string of the molecule is NC(=O)c1ccccc1NCC(=O)Nc1ccc(Cl)cc1Cl. The van der Waals surface area contributed by atoms with Crippen LogP contribution in [-0.4, -0.2) is 18.4 Å². The van der Waals surface area contributed by atoms with E-state index >= 15 is 0 Å². The zero-order valence-corrected chi connectivity index (χ0v) is 12.9. The largest absolute Gasteiger partial charge is 0.376 e. The van der Waals surface area contributed by atoms with Gasteiger partial charge in [0.1, 0.15) is 0 Å². The van der Waals surface area contributed by atoms with Crippen LogP contribution in [0.3, 0.4) is 0 Å². The Morgan fingerprint density at radius 3 is 2.45 bits per heavy atom. The molecule has 0 unspecified atom stereocenters. The topological polar surface area (TPSA) is 84.2 Å². The number of rotatable bonds is 5. The van der Waals surface area contributed by atoms with Crippen molar-refractivity contribution in [2.45, 2.75) is 0 Å². The number of hydrogen-bond acceptors (Lipinski definition) is 3. The lowest BCUT2D eigenvalue weighted by atomic mass is 10.1. The van der Waals surface area contributed by atoms with Crippen molar-refractivity contribution in [3.8, 4) is 0 Å². The van der Waals surface area contributed by atoms with Crippen LogP contribution in [0.15, 0.2) is 42.5 Å². The first kappa shape index (κ1) is 16.1. The molecule has 2 amide bonds. The minimum absolute atomic E-state index is 0.0384. The summed E-state index contributed by atoms with van der Waals surface area (Å²) in [5, 5.41) is 6.34. The molecule has 0 saturated heterocycles. The van der Waals surface area contributed by atoms with Gasteiger partial charge in [-0.1, -0.05) is 35.3 Å². The predicted molar refractivity (Wildman–Crippen MR) is 88.5 cm³/mol. The van der Waals surface area contributed by atoms with Crippen LogP contribution < -0.4 is 16.4 Å². The van der Waals surface area contributed by atoms with E-state index in [1.165, 1.54) is 6.07 Å². The van der Waals surface area contributed by atoms with Crippen LogP contribution >= 0.6 is 23.2 Å². The van der Waals surface area contributed by atoms with Gasteiger partial charge in [0.25, 0.3) is 5.91 Å². The maximum Gasteiger partial charge on any atom is 0.250 e. The number of anilines is 2. The normalized spacial score (nSPS) is 10.1. The van der Waals surface area contributed by atoms with Crippen molar-refractivity contribution in [2.24, 2.45) is 5.73 Å². The molecule has 0 spiro atoms. The highest BCUT2D eigenvalue weighted by Gasteiger charge is 2.10. The van der Waals surface area contributed by atoms with Crippen molar-refractivity contribution >= 4 is 46.4 Å². The van der Waals surface area contributed by atoms with Gasteiger partial charge in [-0.2, -0.15) is 0 Å². The molecule has 0 aliphatic rings. The number of hydrogen-bond donors (Lipinski definition) is 3. The fourth-order valence-electron chi connectivity index (χ4n) is 1.81. The van der Waals surface area contributed by atoms with Crippen molar-refractivity contribution in [1.29, 1.82) is 0 Å². The van der Waals surface area contributed by atoms with Crippen LogP contribution in [-0.2, 0) is 4.79 Å². The quantitative estimate of drug-likeness (QED) is 0.783. The zero-order chi connectivity index (χ0) is 16.1. The molecule has 2 aromatic carbocycles. The van der Waals surface area contributed by atoms with Crippen LogP contribution in [0.25, 0.3) is 0 Å². The number of carbonyl (C=O) groups excluding carboxylic acids is 2. The molecule has 7 heteroatoms. The highest BCUT2D eigenvalue weighted by Crippen LogP contribution is 2.25. The number of nitrogens with one attached hydrogen (secondary N) is 2. The van der Waals surface area contributed by atoms with E-state index in [0.29, 0.717) is 27.0 Å². The Balaban J connectivity index is 2.00. The highest BCUT2D eigenvalue weighted by molar-refractivity contribution is 6.36. The van der Waals surface area contributed by atoms with Gasteiger partial charge in [-0.05, 0) is 30.3 Å². The standard InChI is InChI=1S/C15H13Cl2N3O2/c16-9-5-6-13(11(17)7-9)20-14(21)8-19-12-4-2-1-3-10(12)15(18)22/h1-7,19H,8H2,(H2,18,22)(H,20,21). The summed E-state index contributed by atoms with van der Waals surface area (Å²) in [6.45, 7) is -0.0384. The molecule has 0 fully saturated rings. The summed E-state index contributed by atoms with van der Waals surface area (Å²) in [6.07, 6.45) is 0. The van der Waals surface area contributed by atoms with Crippen LogP contribution in [0.5, 0.6) is 0 Å². The summed E-state index contributed by atoms with van der Waals surface area (Å²) >= 11 is 11.8. The van der Waals surface area contributed by atoms with Crippen LogP contribution in [0.4, 0.5) is 11.4 Å². The Morgan fingerprint density at radius 2 is 1.77 bits per heavy atom. The van der Waals surface area contributed by atoms with E-state index < -0.39 is 5.91 Å². The van der Waals surface area contributed by atoms with Gasteiger partial charge >= 0.3 is 0 Å². The van der Waals surface area contributed by atoms with E-state index in [4.69, 9.17) is 28.9 Å². The van der Waals surface area contributed by atoms with Gasteiger partial charge in [0.2, 0.25) is 5.91 Å². The highest BCUT2D eigenvalue weighted by atomic mass is 35.5. The number of halogens is 2. The number of carbonyl (C=O) groups is 2. The summed E-state index contributed by atoms with van der Waals surface area (Å²) in [5.41, 5.74) is 6.54. The van der Waals surface area contributed by atoms with E-state index in [2.05, 4.69) is 10.6 Å². The van der Waals surface area contributed by atoms with Crippen molar-refractivity contribution < 1.29 is 9.59 Å². The molecule has 5 nitrogen and oxygen atoms in total. The molecule has 0 saturated carbocycles. The van der Waals surface area contributed by atoms with Crippen molar-refractivity contribution in [3.05, 3.63) is 58.1 Å². The monoisotopic (exact) mass is 337 g/mol. The molecule has 0 aliphatic carbocycles. The maximum absolute atomic E-state index is 11.9. The number of benzene rings is 2. The van der Waals surface area contributed by atoms with E-state index in [9.17, 15) is 9.59 Å². The summed E-state index contributed by atoms with van der Waals surface area (Å²) in [5.74, 6) is -0.882. The molecular formula is C15H13Cl2N3O2. The summed E-state index contributed by atoms with van der Waals surface area (Å²) in [4.78, 5) is 23.2. The van der Waals surface area contributed by atoms with Gasteiger partial charge in [-0.3, -0.25) is 9.59 Å².